The summed E-state index contributed by atoms with van der Waals surface area (Å²) in [5.74, 6) is 0.218. The van der Waals surface area contributed by atoms with Crippen molar-refractivity contribution in [3.05, 3.63) is 53.9 Å². The molecule has 2 aliphatic rings. The van der Waals surface area contributed by atoms with Crippen LogP contribution in [0.4, 0.5) is 4.79 Å². The molecule has 0 aliphatic carbocycles. The molecule has 1 spiro atoms. The van der Waals surface area contributed by atoms with Crippen LogP contribution in [0.2, 0.25) is 0 Å². The molecule has 3 aromatic heterocycles. The van der Waals surface area contributed by atoms with Gasteiger partial charge in [-0.15, -0.1) is 0 Å². The first-order valence-corrected chi connectivity index (χ1v) is 12.4. The Morgan fingerprint density at radius 2 is 1.97 bits per heavy atom. The third-order valence-electron chi connectivity index (χ3n) is 7.22. The van der Waals surface area contributed by atoms with E-state index in [1.807, 2.05) is 29.3 Å². The molecule has 5 heterocycles. The van der Waals surface area contributed by atoms with Crippen molar-refractivity contribution in [2.75, 3.05) is 19.6 Å². The van der Waals surface area contributed by atoms with Crippen molar-refractivity contribution < 1.29 is 9.59 Å². The van der Waals surface area contributed by atoms with Gasteiger partial charge in [-0.1, -0.05) is 20.8 Å². The Hall–Kier alpha value is -3.80. The van der Waals surface area contributed by atoms with Gasteiger partial charge in [-0.3, -0.25) is 14.3 Å². The number of aromatic nitrogens is 4. The van der Waals surface area contributed by atoms with Crippen LogP contribution in [0.1, 0.15) is 57.0 Å². The highest BCUT2D eigenvalue weighted by atomic mass is 16.2. The Kier molecular flexibility index (Phi) is 5.99. The molecular formula is C27H31N7O2. The Morgan fingerprint density at radius 1 is 1.19 bits per heavy atom. The second kappa shape index (κ2) is 9.01. The van der Waals surface area contributed by atoms with Crippen LogP contribution in [0.15, 0.2) is 36.9 Å². The molecule has 9 heteroatoms. The quantitative estimate of drug-likeness (QED) is 0.559. The normalized spacial score (nSPS) is 20.3. The molecule has 1 atom stereocenters. The maximum absolute atomic E-state index is 13.8. The number of pyridine rings is 1. The van der Waals surface area contributed by atoms with Crippen molar-refractivity contribution >= 4 is 23.0 Å². The van der Waals surface area contributed by atoms with E-state index in [0.29, 0.717) is 43.6 Å². The van der Waals surface area contributed by atoms with E-state index in [1.54, 1.807) is 28.1 Å². The van der Waals surface area contributed by atoms with Crippen LogP contribution in [0.5, 0.6) is 0 Å². The zero-order chi connectivity index (χ0) is 25.5. The lowest BCUT2D eigenvalue weighted by molar-refractivity contribution is -0.138. The molecule has 0 radical (unpaired) electrons. The highest BCUT2D eigenvalue weighted by molar-refractivity contribution is 5.92. The summed E-state index contributed by atoms with van der Waals surface area (Å²) in [4.78, 5) is 43.7. The fourth-order valence-corrected chi connectivity index (χ4v) is 5.57. The third kappa shape index (κ3) is 4.43. The summed E-state index contributed by atoms with van der Waals surface area (Å²) in [6, 6.07) is 5.69. The zero-order valence-corrected chi connectivity index (χ0v) is 21.1. The second-order valence-electron chi connectivity index (χ2n) is 11.2. The maximum atomic E-state index is 13.8. The Balaban J connectivity index is 1.41. The summed E-state index contributed by atoms with van der Waals surface area (Å²) in [5, 5.41) is 9.30. The van der Waals surface area contributed by atoms with Gasteiger partial charge in [-0.25, -0.2) is 14.8 Å². The van der Waals surface area contributed by atoms with E-state index in [4.69, 9.17) is 0 Å². The van der Waals surface area contributed by atoms with Gasteiger partial charge in [0, 0.05) is 44.8 Å². The van der Waals surface area contributed by atoms with Crippen molar-refractivity contribution in [3.63, 3.8) is 0 Å². The van der Waals surface area contributed by atoms with Crippen LogP contribution < -0.4 is 0 Å². The molecule has 3 aromatic rings. The van der Waals surface area contributed by atoms with Crippen molar-refractivity contribution in [1.82, 2.24) is 29.3 Å². The molecule has 0 saturated carbocycles. The molecule has 0 bridgehead atoms. The number of hydrogen-bond donors (Lipinski definition) is 0. The predicted molar refractivity (Wildman–Crippen MR) is 134 cm³/mol. The Bertz CT molecular complexity index is 1350. The molecule has 0 N–H and O–H groups in total. The molecular weight excluding hydrogens is 454 g/mol. The van der Waals surface area contributed by atoms with Crippen molar-refractivity contribution in [1.29, 1.82) is 5.26 Å². The van der Waals surface area contributed by atoms with E-state index >= 15 is 0 Å². The number of carbonyl (C=O) groups excluding carboxylic acids is 2. The lowest BCUT2D eigenvalue weighted by Crippen LogP contribution is -2.50. The average Bonchev–Trinajstić information content (AvgIpc) is 3.35. The van der Waals surface area contributed by atoms with E-state index in [2.05, 4.69) is 35.7 Å². The number of piperidine rings is 1. The fraction of sp³-hybridized carbons (Fsp3) is 0.481. The van der Waals surface area contributed by atoms with Gasteiger partial charge < -0.3 is 9.80 Å². The van der Waals surface area contributed by atoms with Gasteiger partial charge in [-0.2, -0.15) is 5.26 Å². The van der Waals surface area contributed by atoms with Crippen LogP contribution in [0.25, 0.3) is 11.0 Å². The SMILES string of the molecule is CC(C)(C)Cc1cn(C(=O)N2CCCC3(CCN(Cc4ccncc4)C3=O)C2)c2cnc(C#N)nc12. The summed E-state index contributed by atoms with van der Waals surface area (Å²) < 4.78 is 1.60. The summed E-state index contributed by atoms with van der Waals surface area (Å²) in [6.45, 7) is 8.64. The minimum absolute atomic E-state index is 0.0242. The van der Waals surface area contributed by atoms with E-state index in [-0.39, 0.29) is 23.2 Å². The standard InChI is InChI=1S/C27H31N7O2/c1-26(2,3)13-20-17-34(21-15-30-22(14-28)31-23(20)21)25(36)33-11-4-7-27(18-33)8-12-32(24(27)35)16-19-5-9-29-10-6-19/h5-6,9-10,15,17H,4,7-8,11-13,16,18H2,1-3H3. The molecule has 186 valence electrons. The van der Waals surface area contributed by atoms with E-state index < -0.39 is 5.41 Å². The smallest absolute Gasteiger partial charge is 0.328 e. The Labute approximate surface area is 210 Å². The van der Waals surface area contributed by atoms with Crippen molar-refractivity contribution in [3.8, 4) is 6.07 Å². The average molecular weight is 486 g/mol. The van der Waals surface area contributed by atoms with E-state index in [1.165, 1.54) is 0 Å². The largest absolute Gasteiger partial charge is 0.338 e. The lowest BCUT2D eigenvalue weighted by Gasteiger charge is -2.39. The summed E-state index contributed by atoms with van der Waals surface area (Å²) in [6.07, 6.45) is 9.90. The topological polar surface area (TPSA) is 108 Å². The van der Waals surface area contributed by atoms with Crippen LogP contribution in [0, 0.1) is 22.2 Å². The molecule has 1 unspecified atom stereocenters. The number of fused-ring (bicyclic) bond motifs is 1. The molecule has 5 rings (SSSR count). The predicted octanol–water partition coefficient (Wildman–Crippen LogP) is 3.77. The first-order valence-electron chi connectivity index (χ1n) is 12.4. The highest BCUT2D eigenvalue weighted by Gasteiger charge is 2.49. The second-order valence-corrected chi connectivity index (χ2v) is 11.2. The first-order chi connectivity index (χ1) is 17.2. The van der Waals surface area contributed by atoms with Crippen molar-refractivity contribution in [2.24, 2.45) is 10.8 Å². The third-order valence-corrected chi connectivity index (χ3v) is 7.22. The molecule has 2 amide bonds. The number of nitrogens with zero attached hydrogens (tertiary/aromatic N) is 7. The van der Waals surface area contributed by atoms with E-state index in [9.17, 15) is 14.9 Å². The van der Waals surface area contributed by atoms with Gasteiger partial charge in [0.05, 0.1) is 22.6 Å². The fourth-order valence-electron chi connectivity index (χ4n) is 5.57. The van der Waals surface area contributed by atoms with Gasteiger partial charge in [0.2, 0.25) is 11.7 Å². The lowest BCUT2D eigenvalue weighted by atomic mass is 9.78. The van der Waals surface area contributed by atoms with Crippen molar-refractivity contribution in [2.45, 2.75) is 53.0 Å². The van der Waals surface area contributed by atoms with Gasteiger partial charge >= 0.3 is 6.03 Å². The van der Waals surface area contributed by atoms with Crippen LogP contribution >= 0.6 is 0 Å². The van der Waals surface area contributed by atoms with Gasteiger partial charge in [0.1, 0.15) is 6.07 Å². The molecule has 2 aliphatic heterocycles. The maximum Gasteiger partial charge on any atom is 0.328 e. The molecule has 36 heavy (non-hydrogen) atoms. The molecule has 2 saturated heterocycles. The summed E-state index contributed by atoms with van der Waals surface area (Å²) in [7, 11) is 0. The highest BCUT2D eigenvalue weighted by Crippen LogP contribution is 2.41. The van der Waals surface area contributed by atoms with E-state index in [0.717, 1.165) is 30.4 Å². The van der Waals surface area contributed by atoms with Crippen LogP contribution in [-0.4, -0.2) is 60.9 Å². The minimum atomic E-state index is -0.539. The molecule has 0 aromatic carbocycles. The summed E-state index contributed by atoms with van der Waals surface area (Å²) >= 11 is 0. The number of rotatable bonds is 3. The number of hydrogen-bond acceptors (Lipinski definition) is 6. The van der Waals surface area contributed by atoms with Crippen LogP contribution in [0.3, 0.4) is 0 Å². The minimum Gasteiger partial charge on any atom is -0.338 e. The first kappa shape index (κ1) is 23.9. The number of nitriles is 1. The summed E-state index contributed by atoms with van der Waals surface area (Å²) in [5.41, 5.74) is 2.64. The van der Waals surface area contributed by atoms with Crippen LogP contribution in [-0.2, 0) is 17.8 Å². The van der Waals surface area contributed by atoms with Gasteiger partial charge in [-0.05, 0) is 54.4 Å². The number of likely N-dealkylation sites (tertiary alicyclic amines) is 2. The Morgan fingerprint density at radius 3 is 2.69 bits per heavy atom. The van der Waals surface area contributed by atoms with Gasteiger partial charge in [0.15, 0.2) is 0 Å². The monoisotopic (exact) mass is 485 g/mol. The molecule has 2 fully saturated rings. The van der Waals surface area contributed by atoms with Gasteiger partial charge in [0.25, 0.3) is 0 Å². The molecule has 9 nitrogen and oxygen atoms in total. The zero-order valence-electron chi connectivity index (χ0n) is 21.1. The number of amides is 2. The number of carbonyl (C=O) groups is 2.